The van der Waals surface area contributed by atoms with Crippen LogP contribution >= 0.6 is 11.8 Å². The number of aryl methyl sites for hydroxylation is 1. The average Bonchev–Trinajstić information content (AvgIpc) is 3.40. The first kappa shape index (κ1) is 23.3. The van der Waals surface area contributed by atoms with E-state index < -0.39 is 5.25 Å². The lowest BCUT2D eigenvalue weighted by Crippen LogP contribution is -2.34. The molecule has 0 radical (unpaired) electrons. The number of aromatic nitrogens is 1. The number of carbonyl (C=O) groups excluding carboxylic acids is 2. The number of carbonyl (C=O) groups is 2. The largest absolute Gasteiger partial charge is 0.497 e. The summed E-state index contributed by atoms with van der Waals surface area (Å²) in [7, 11) is 1.58. The van der Waals surface area contributed by atoms with Crippen molar-refractivity contribution in [2.24, 2.45) is 4.99 Å². The van der Waals surface area contributed by atoms with E-state index >= 15 is 0 Å². The van der Waals surface area contributed by atoms with Crippen LogP contribution in [0.25, 0.3) is 6.08 Å². The van der Waals surface area contributed by atoms with Crippen LogP contribution in [0.4, 0.5) is 11.5 Å². The lowest BCUT2D eigenvalue weighted by Gasteiger charge is -2.21. The van der Waals surface area contributed by atoms with Gasteiger partial charge in [0.05, 0.1) is 18.0 Å². The number of anilines is 2. The predicted octanol–water partition coefficient (Wildman–Crippen LogP) is 4.89. The van der Waals surface area contributed by atoms with Crippen molar-refractivity contribution in [1.82, 2.24) is 5.16 Å². The standard InChI is InChI=1S/C25H24N4O4S/c1-4-21(23(30)27-22-14-16(2)33-28-22)34-25-26-20(15-17-8-6-5-7-9-17)24(31)29(25)18-10-12-19(32-3)13-11-18/h5-15,21H,4H2,1-3H3,(H,27,28,30)/b20-15+/t21-/m0/s1. The number of thioether (sulfide) groups is 1. The van der Waals surface area contributed by atoms with Gasteiger partial charge in [-0.25, -0.2) is 4.99 Å². The number of amides is 2. The molecule has 8 nitrogen and oxygen atoms in total. The van der Waals surface area contributed by atoms with E-state index in [9.17, 15) is 9.59 Å². The quantitative estimate of drug-likeness (QED) is 0.488. The van der Waals surface area contributed by atoms with E-state index in [1.54, 1.807) is 50.4 Å². The van der Waals surface area contributed by atoms with Gasteiger partial charge in [-0.1, -0.05) is 54.2 Å². The highest BCUT2D eigenvalue weighted by Crippen LogP contribution is 2.33. The van der Waals surface area contributed by atoms with Crippen LogP contribution in [0.3, 0.4) is 0 Å². The molecule has 0 saturated heterocycles. The van der Waals surface area contributed by atoms with Crippen LogP contribution in [0.2, 0.25) is 0 Å². The monoisotopic (exact) mass is 476 g/mol. The molecular weight excluding hydrogens is 452 g/mol. The van der Waals surface area contributed by atoms with E-state index in [0.717, 1.165) is 5.56 Å². The third-order valence-corrected chi connectivity index (χ3v) is 6.37. The van der Waals surface area contributed by atoms with Gasteiger partial charge in [0.2, 0.25) is 5.91 Å². The molecule has 0 spiro atoms. The predicted molar refractivity (Wildman–Crippen MR) is 134 cm³/mol. The Labute approximate surface area is 201 Å². The van der Waals surface area contributed by atoms with Crippen LogP contribution in [-0.4, -0.2) is 34.5 Å². The fourth-order valence-electron chi connectivity index (χ4n) is 3.32. The van der Waals surface area contributed by atoms with E-state index in [2.05, 4.69) is 15.5 Å². The first-order valence-electron chi connectivity index (χ1n) is 10.7. The smallest absolute Gasteiger partial charge is 0.283 e. The van der Waals surface area contributed by atoms with Crippen LogP contribution in [0.5, 0.6) is 5.75 Å². The summed E-state index contributed by atoms with van der Waals surface area (Å²) in [5.74, 6) is 1.12. The van der Waals surface area contributed by atoms with Gasteiger partial charge in [-0.15, -0.1) is 0 Å². The molecule has 0 unspecified atom stereocenters. The Bertz CT molecular complexity index is 1240. The van der Waals surface area contributed by atoms with Crippen molar-refractivity contribution in [1.29, 1.82) is 0 Å². The summed E-state index contributed by atoms with van der Waals surface area (Å²) in [6.07, 6.45) is 2.26. The number of rotatable bonds is 7. The molecule has 2 heterocycles. The van der Waals surface area contributed by atoms with Crippen LogP contribution in [0.15, 0.2) is 75.9 Å². The molecule has 3 aromatic rings. The van der Waals surface area contributed by atoms with Gasteiger partial charge in [0.15, 0.2) is 11.0 Å². The van der Waals surface area contributed by atoms with Crippen LogP contribution < -0.4 is 15.0 Å². The van der Waals surface area contributed by atoms with E-state index in [0.29, 0.717) is 40.3 Å². The molecule has 1 aliphatic heterocycles. The molecule has 1 N–H and O–H groups in total. The Balaban J connectivity index is 1.64. The van der Waals surface area contributed by atoms with Crippen molar-refractivity contribution in [3.05, 3.63) is 77.7 Å². The van der Waals surface area contributed by atoms with E-state index in [-0.39, 0.29) is 11.8 Å². The minimum Gasteiger partial charge on any atom is -0.497 e. The highest BCUT2D eigenvalue weighted by molar-refractivity contribution is 8.15. The topological polar surface area (TPSA) is 97.0 Å². The van der Waals surface area contributed by atoms with Gasteiger partial charge in [0, 0.05) is 6.07 Å². The number of methoxy groups -OCH3 is 1. The van der Waals surface area contributed by atoms with Gasteiger partial charge < -0.3 is 14.6 Å². The van der Waals surface area contributed by atoms with Crippen molar-refractivity contribution in [3.63, 3.8) is 0 Å². The fraction of sp³-hybridized carbons (Fsp3) is 0.200. The molecule has 1 aliphatic rings. The molecular formula is C25H24N4O4S. The Morgan fingerprint density at radius 2 is 1.94 bits per heavy atom. The molecule has 4 rings (SSSR count). The highest BCUT2D eigenvalue weighted by Gasteiger charge is 2.35. The number of ether oxygens (including phenoxy) is 1. The Kier molecular flexibility index (Phi) is 7.12. The van der Waals surface area contributed by atoms with Crippen LogP contribution in [0.1, 0.15) is 24.7 Å². The number of hydrogen-bond acceptors (Lipinski definition) is 7. The SMILES string of the molecule is CC[C@H](SC1=N/C(=C/c2ccccc2)C(=O)N1c1ccc(OC)cc1)C(=O)Nc1cc(C)on1. The summed E-state index contributed by atoms with van der Waals surface area (Å²) >= 11 is 1.23. The van der Waals surface area contributed by atoms with Gasteiger partial charge in [-0.3, -0.25) is 14.5 Å². The number of nitrogens with zero attached hydrogens (tertiary/aromatic N) is 3. The van der Waals surface area contributed by atoms with Crippen molar-refractivity contribution >= 4 is 46.3 Å². The molecule has 0 saturated carbocycles. The molecule has 1 atom stereocenters. The molecule has 9 heteroatoms. The normalized spacial score (nSPS) is 15.4. The summed E-state index contributed by atoms with van der Waals surface area (Å²) in [4.78, 5) is 32.4. The first-order valence-corrected chi connectivity index (χ1v) is 11.6. The van der Waals surface area contributed by atoms with Crippen molar-refractivity contribution in [3.8, 4) is 5.75 Å². The lowest BCUT2D eigenvalue weighted by molar-refractivity contribution is -0.116. The third-order valence-electron chi connectivity index (χ3n) is 5.05. The molecule has 2 amide bonds. The number of benzene rings is 2. The molecule has 34 heavy (non-hydrogen) atoms. The minimum absolute atomic E-state index is 0.244. The molecule has 1 aromatic heterocycles. The summed E-state index contributed by atoms with van der Waals surface area (Å²) < 4.78 is 10.3. The summed E-state index contributed by atoms with van der Waals surface area (Å²) in [5, 5.41) is 6.51. The Morgan fingerprint density at radius 3 is 2.56 bits per heavy atom. The summed E-state index contributed by atoms with van der Waals surface area (Å²) in [6.45, 7) is 3.65. The summed E-state index contributed by atoms with van der Waals surface area (Å²) in [5.41, 5.74) is 1.80. The lowest BCUT2D eigenvalue weighted by atomic mass is 10.2. The molecule has 0 bridgehead atoms. The van der Waals surface area contributed by atoms with Gasteiger partial charge in [-0.05, 0) is 49.2 Å². The number of amidine groups is 1. The van der Waals surface area contributed by atoms with Crippen molar-refractivity contribution < 1.29 is 18.8 Å². The molecule has 0 aliphatic carbocycles. The van der Waals surface area contributed by atoms with E-state index in [1.165, 1.54) is 16.7 Å². The number of aliphatic imine (C=N–C) groups is 1. The minimum atomic E-state index is -0.500. The zero-order valence-electron chi connectivity index (χ0n) is 19.0. The molecule has 0 fully saturated rings. The van der Waals surface area contributed by atoms with Crippen molar-refractivity contribution in [2.75, 3.05) is 17.3 Å². The molecule has 174 valence electrons. The Morgan fingerprint density at radius 1 is 1.21 bits per heavy atom. The number of hydrogen-bond donors (Lipinski definition) is 1. The van der Waals surface area contributed by atoms with Gasteiger partial charge >= 0.3 is 0 Å². The highest BCUT2D eigenvalue weighted by atomic mass is 32.2. The molecule has 2 aromatic carbocycles. The average molecular weight is 477 g/mol. The van der Waals surface area contributed by atoms with E-state index in [4.69, 9.17) is 9.26 Å². The second-order valence-corrected chi connectivity index (χ2v) is 8.67. The van der Waals surface area contributed by atoms with Gasteiger partial charge in [0.1, 0.15) is 17.2 Å². The van der Waals surface area contributed by atoms with Crippen LogP contribution in [-0.2, 0) is 9.59 Å². The first-order chi connectivity index (χ1) is 16.5. The number of nitrogens with one attached hydrogen (secondary N) is 1. The van der Waals surface area contributed by atoms with Gasteiger partial charge in [-0.2, -0.15) is 0 Å². The second kappa shape index (κ2) is 10.4. The Hall–Kier alpha value is -3.85. The van der Waals surface area contributed by atoms with E-state index in [1.807, 2.05) is 37.3 Å². The van der Waals surface area contributed by atoms with Crippen molar-refractivity contribution in [2.45, 2.75) is 25.5 Å². The second-order valence-electron chi connectivity index (χ2n) is 7.50. The third kappa shape index (κ3) is 5.20. The zero-order chi connectivity index (χ0) is 24.1. The maximum absolute atomic E-state index is 13.4. The summed E-state index contributed by atoms with van der Waals surface area (Å²) in [6, 6.07) is 18.3. The van der Waals surface area contributed by atoms with Crippen LogP contribution in [0, 0.1) is 6.92 Å². The fourth-order valence-corrected chi connectivity index (χ4v) is 4.35. The zero-order valence-corrected chi connectivity index (χ0v) is 19.8. The maximum atomic E-state index is 13.4. The van der Waals surface area contributed by atoms with Gasteiger partial charge in [0.25, 0.3) is 5.91 Å². The maximum Gasteiger partial charge on any atom is 0.283 e.